The van der Waals surface area contributed by atoms with Crippen LogP contribution in [-0.4, -0.2) is 67.2 Å². The molecule has 0 bridgehead atoms. The summed E-state index contributed by atoms with van der Waals surface area (Å²) in [5, 5.41) is 13.3. The second kappa shape index (κ2) is 9.27. The second-order valence-corrected chi connectivity index (χ2v) is 9.49. The van der Waals surface area contributed by atoms with Gasteiger partial charge in [-0.15, -0.1) is 0 Å². The molecule has 2 aliphatic rings. The number of hydrogen-bond donors (Lipinski definition) is 1. The number of nitrogens with one attached hydrogen (secondary N) is 1. The molecule has 2 saturated heterocycles. The van der Waals surface area contributed by atoms with E-state index in [1.807, 2.05) is 23.1 Å². The van der Waals surface area contributed by atoms with E-state index in [-0.39, 0.29) is 0 Å². The van der Waals surface area contributed by atoms with E-state index in [1.54, 1.807) is 6.20 Å². The molecular formula is C26H31N7O. The van der Waals surface area contributed by atoms with E-state index in [2.05, 4.69) is 50.3 Å². The first kappa shape index (κ1) is 21.4. The minimum Gasteiger partial charge on any atom is -0.380 e. The summed E-state index contributed by atoms with van der Waals surface area (Å²) in [6.07, 6.45) is 11.4. The Kier molecular flexibility index (Phi) is 5.84. The van der Waals surface area contributed by atoms with Crippen molar-refractivity contribution in [3.05, 3.63) is 54.0 Å². The summed E-state index contributed by atoms with van der Waals surface area (Å²) in [5.74, 6) is 1.94. The van der Waals surface area contributed by atoms with Gasteiger partial charge in [-0.3, -0.25) is 10.00 Å². The average Bonchev–Trinajstić information content (AvgIpc) is 3.65. The number of ether oxygens (including phenoxy) is 1. The van der Waals surface area contributed by atoms with E-state index in [0.717, 1.165) is 61.6 Å². The SMILES string of the molecule is CCCc1cnn(-c2ccnc(-c3n[nH]c4ccc(C5CCN(C6CCOC6)CC5)cc34)n2)c1. The highest BCUT2D eigenvalue weighted by molar-refractivity contribution is 5.91. The third-order valence-corrected chi connectivity index (χ3v) is 7.27. The van der Waals surface area contributed by atoms with Crippen LogP contribution < -0.4 is 0 Å². The van der Waals surface area contributed by atoms with Crippen LogP contribution in [0.15, 0.2) is 42.9 Å². The molecule has 2 aliphatic heterocycles. The highest BCUT2D eigenvalue weighted by Gasteiger charge is 2.28. The zero-order valence-corrected chi connectivity index (χ0v) is 19.7. The number of H-pyrrole nitrogens is 1. The Labute approximate surface area is 199 Å². The first-order valence-electron chi connectivity index (χ1n) is 12.5. The summed E-state index contributed by atoms with van der Waals surface area (Å²) in [7, 11) is 0. The van der Waals surface area contributed by atoms with Gasteiger partial charge in [0.05, 0.1) is 18.3 Å². The standard InChI is InChI=1S/C26H31N7O/c1-2-3-18-15-28-33(16-18)24-6-10-27-26(29-24)25-22-14-20(4-5-23(22)30-31-25)19-7-11-32(12-8-19)21-9-13-34-17-21/h4-6,10,14-16,19,21H,2-3,7-9,11-13,17H2,1H3,(H,30,31). The molecule has 0 amide bonds. The van der Waals surface area contributed by atoms with Crippen molar-refractivity contribution >= 4 is 10.9 Å². The van der Waals surface area contributed by atoms with Crippen molar-refractivity contribution in [1.29, 1.82) is 0 Å². The van der Waals surface area contributed by atoms with Crippen LogP contribution in [-0.2, 0) is 11.2 Å². The molecule has 1 atom stereocenters. The highest BCUT2D eigenvalue weighted by atomic mass is 16.5. The van der Waals surface area contributed by atoms with Crippen LogP contribution in [0.25, 0.3) is 28.2 Å². The Morgan fingerprint density at radius 3 is 2.88 bits per heavy atom. The van der Waals surface area contributed by atoms with Gasteiger partial charge < -0.3 is 4.74 Å². The quantitative estimate of drug-likeness (QED) is 0.469. The molecule has 6 rings (SSSR count). The molecule has 3 aromatic heterocycles. The Morgan fingerprint density at radius 1 is 1.15 bits per heavy atom. The van der Waals surface area contributed by atoms with E-state index in [0.29, 0.717) is 17.8 Å². The molecule has 1 unspecified atom stereocenters. The number of hydrogen-bond acceptors (Lipinski definition) is 6. The molecule has 0 radical (unpaired) electrons. The van der Waals surface area contributed by atoms with E-state index >= 15 is 0 Å². The fourth-order valence-electron chi connectivity index (χ4n) is 5.36. The van der Waals surface area contributed by atoms with Crippen LogP contribution in [0.1, 0.15) is 49.7 Å². The number of likely N-dealkylation sites (tertiary alicyclic amines) is 1. The molecule has 176 valence electrons. The van der Waals surface area contributed by atoms with Crippen molar-refractivity contribution < 1.29 is 4.74 Å². The summed E-state index contributed by atoms with van der Waals surface area (Å²) in [5.41, 5.74) is 4.40. The zero-order chi connectivity index (χ0) is 22.9. The van der Waals surface area contributed by atoms with Gasteiger partial charge in [0.25, 0.3) is 0 Å². The molecule has 34 heavy (non-hydrogen) atoms. The molecule has 8 nitrogen and oxygen atoms in total. The molecule has 5 heterocycles. The number of fused-ring (bicyclic) bond motifs is 1. The highest BCUT2D eigenvalue weighted by Crippen LogP contribution is 2.33. The number of rotatable bonds is 6. The van der Waals surface area contributed by atoms with Gasteiger partial charge in [0.1, 0.15) is 5.69 Å². The Hall–Kier alpha value is -3.10. The second-order valence-electron chi connectivity index (χ2n) is 9.49. The maximum atomic E-state index is 5.60. The van der Waals surface area contributed by atoms with Crippen molar-refractivity contribution in [2.75, 3.05) is 26.3 Å². The maximum absolute atomic E-state index is 5.60. The normalized spacial score (nSPS) is 19.9. The molecule has 0 saturated carbocycles. The van der Waals surface area contributed by atoms with Crippen molar-refractivity contribution in [3.63, 3.8) is 0 Å². The van der Waals surface area contributed by atoms with Gasteiger partial charge in [-0.25, -0.2) is 14.6 Å². The molecule has 1 aromatic carbocycles. The summed E-state index contributed by atoms with van der Waals surface area (Å²) in [4.78, 5) is 12.0. The number of nitrogens with zero attached hydrogens (tertiary/aromatic N) is 6. The summed E-state index contributed by atoms with van der Waals surface area (Å²) >= 11 is 0. The predicted molar refractivity (Wildman–Crippen MR) is 131 cm³/mol. The average molecular weight is 458 g/mol. The lowest BCUT2D eigenvalue weighted by atomic mass is 9.88. The first-order valence-corrected chi connectivity index (χ1v) is 12.5. The molecular weight excluding hydrogens is 426 g/mol. The van der Waals surface area contributed by atoms with Gasteiger partial charge >= 0.3 is 0 Å². The van der Waals surface area contributed by atoms with Gasteiger partial charge in [-0.2, -0.15) is 10.2 Å². The lowest BCUT2D eigenvalue weighted by molar-refractivity contribution is 0.122. The van der Waals surface area contributed by atoms with E-state index in [4.69, 9.17) is 9.72 Å². The van der Waals surface area contributed by atoms with Crippen molar-refractivity contribution in [1.82, 2.24) is 34.8 Å². The predicted octanol–water partition coefficient (Wildman–Crippen LogP) is 4.13. The molecule has 2 fully saturated rings. The number of benzene rings is 1. The van der Waals surface area contributed by atoms with Crippen LogP contribution in [0.2, 0.25) is 0 Å². The maximum Gasteiger partial charge on any atom is 0.182 e. The fraction of sp³-hybridized carbons (Fsp3) is 0.462. The Morgan fingerprint density at radius 2 is 2.06 bits per heavy atom. The van der Waals surface area contributed by atoms with Gasteiger partial charge in [-0.05, 0) is 68.0 Å². The minimum atomic E-state index is 0.569. The largest absolute Gasteiger partial charge is 0.380 e. The van der Waals surface area contributed by atoms with Gasteiger partial charge in [0.15, 0.2) is 11.6 Å². The lowest BCUT2D eigenvalue weighted by Crippen LogP contribution is -2.41. The summed E-state index contributed by atoms with van der Waals surface area (Å²) < 4.78 is 7.41. The third-order valence-electron chi connectivity index (χ3n) is 7.27. The van der Waals surface area contributed by atoms with Crippen LogP contribution in [0, 0.1) is 0 Å². The summed E-state index contributed by atoms with van der Waals surface area (Å²) in [6.45, 7) is 6.26. The van der Waals surface area contributed by atoms with E-state index < -0.39 is 0 Å². The molecule has 0 aliphatic carbocycles. The number of aryl methyl sites for hydroxylation is 1. The Bertz CT molecular complexity index is 1270. The topological polar surface area (TPSA) is 84.8 Å². The molecule has 1 N–H and O–H groups in total. The van der Waals surface area contributed by atoms with Crippen molar-refractivity contribution in [2.24, 2.45) is 0 Å². The van der Waals surface area contributed by atoms with Crippen LogP contribution in [0.4, 0.5) is 0 Å². The van der Waals surface area contributed by atoms with Crippen molar-refractivity contribution in [3.8, 4) is 17.3 Å². The smallest absolute Gasteiger partial charge is 0.182 e. The first-order chi connectivity index (χ1) is 16.8. The minimum absolute atomic E-state index is 0.569. The molecule has 8 heteroatoms. The van der Waals surface area contributed by atoms with Gasteiger partial charge in [0, 0.05) is 36.5 Å². The summed E-state index contributed by atoms with van der Waals surface area (Å²) in [6, 6.07) is 9.18. The van der Waals surface area contributed by atoms with Crippen LogP contribution in [0.5, 0.6) is 0 Å². The zero-order valence-electron chi connectivity index (χ0n) is 19.7. The molecule has 4 aromatic rings. The third kappa shape index (κ3) is 4.12. The number of aromatic nitrogens is 6. The lowest BCUT2D eigenvalue weighted by Gasteiger charge is -2.35. The number of piperidine rings is 1. The van der Waals surface area contributed by atoms with E-state index in [1.165, 1.54) is 30.4 Å². The Balaban J connectivity index is 1.25. The van der Waals surface area contributed by atoms with Crippen LogP contribution >= 0.6 is 0 Å². The molecule has 0 spiro atoms. The monoisotopic (exact) mass is 457 g/mol. The van der Waals surface area contributed by atoms with E-state index in [9.17, 15) is 0 Å². The van der Waals surface area contributed by atoms with Crippen LogP contribution in [0.3, 0.4) is 0 Å². The number of aromatic amines is 1. The van der Waals surface area contributed by atoms with Gasteiger partial charge in [0.2, 0.25) is 0 Å². The van der Waals surface area contributed by atoms with Crippen molar-refractivity contribution in [2.45, 2.75) is 51.0 Å². The van der Waals surface area contributed by atoms with Gasteiger partial charge in [-0.1, -0.05) is 19.4 Å². The fourth-order valence-corrected chi connectivity index (χ4v) is 5.36.